The Morgan fingerprint density at radius 1 is 0.829 bits per heavy atom. The highest BCUT2D eigenvalue weighted by Crippen LogP contribution is 2.29. The lowest BCUT2D eigenvalue weighted by molar-refractivity contribution is -0.115. The Balaban J connectivity index is 1.46. The molecule has 0 aromatic heterocycles. The first-order valence-electron chi connectivity index (χ1n) is 12.4. The van der Waals surface area contributed by atoms with E-state index >= 15 is 0 Å². The molecule has 0 aliphatic heterocycles. The third-order valence-corrected chi connectivity index (χ3v) is 8.37. The molecule has 0 radical (unpaired) electrons. The van der Waals surface area contributed by atoms with E-state index in [2.05, 4.69) is 31.9 Å². The van der Waals surface area contributed by atoms with Crippen molar-refractivity contribution < 1.29 is 14.4 Å². The molecule has 4 rings (SSSR count). The summed E-state index contributed by atoms with van der Waals surface area (Å²) >= 11 is 17.3. The van der Waals surface area contributed by atoms with Crippen LogP contribution in [0.5, 0.6) is 0 Å². The molecule has 1 unspecified atom stereocenters. The highest BCUT2D eigenvalue weighted by atomic mass is 79.9. The molecule has 3 N–H and O–H groups in total. The number of nitrogens with one attached hydrogen (secondary N) is 3. The van der Waals surface area contributed by atoms with Gasteiger partial charge in [0.1, 0.15) is 5.70 Å². The quantitative estimate of drug-likeness (QED) is 0.124. The van der Waals surface area contributed by atoms with Crippen molar-refractivity contribution in [2.45, 2.75) is 17.1 Å². The average Bonchev–Trinajstić information content (AvgIpc) is 2.97. The van der Waals surface area contributed by atoms with Gasteiger partial charge in [0.15, 0.2) is 0 Å². The van der Waals surface area contributed by atoms with Crippen LogP contribution in [0.4, 0.5) is 11.4 Å². The standard InChI is InChI=1S/C31H24BrCl2N3O3S/c1-19(29(38)36-26-13-6-5-11-24(26)32)41-23-16-14-22(15-17-23)35-31(40)27(18-21-10-7-12-25(33)28(21)34)37-30(39)20-8-3-2-4-9-20/h2-19H,1H3,(H,35,40)(H,36,38)(H,37,39)/b27-18-. The summed E-state index contributed by atoms with van der Waals surface area (Å²) in [5.41, 5.74) is 2.05. The number of hydrogen-bond donors (Lipinski definition) is 3. The predicted molar refractivity (Wildman–Crippen MR) is 172 cm³/mol. The summed E-state index contributed by atoms with van der Waals surface area (Å²) < 4.78 is 0.802. The Kier molecular flexibility index (Phi) is 10.7. The molecule has 0 spiro atoms. The van der Waals surface area contributed by atoms with Crippen LogP contribution in [0.25, 0.3) is 6.08 Å². The van der Waals surface area contributed by atoms with E-state index in [9.17, 15) is 14.4 Å². The summed E-state index contributed by atoms with van der Waals surface area (Å²) in [4.78, 5) is 39.7. The Labute approximate surface area is 260 Å². The largest absolute Gasteiger partial charge is 0.324 e. The maximum absolute atomic E-state index is 13.3. The van der Waals surface area contributed by atoms with Gasteiger partial charge in [-0.1, -0.05) is 65.7 Å². The topological polar surface area (TPSA) is 87.3 Å². The second-order valence-corrected chi connectivity index (χ2v) is 11.8. The van der Waals surface area contributed by atoms with Crippen LogP contribution in [0.3, 0.4) is 0 Å². The zero-order chi connectivity index (χ0) is 29.4. The Hall–Kier alpha value is -3.56. The summed E-state index contributed by atoms with van der Waals surface area (Å²) in [5, 5.41) is 8.61. The molecule has 3 amide bonds. The predicted octanol–water partition coefficient (Wildman–Crippen LogP) is 8.28. The Morgan fingerprint density at radius 3 is 2.22 bits per heavy atom. The van der Waals surface area contributed by atoms with Gasteiger partial charge in [-0.05, 0) is 89.1 Å². The monoisotopic (exact) mass is 667 g/mol. The van der Waals surface area contributed by atoms with E-state index in [1.54, 1.807) is 60.7 Å². The van der Waals surface area contributed by atoms with Crippen molar-refractivity contribution in [2.75, 3.05) is 10.6 Å². The fourth-order valence-corrected chi connectivity index (χ4v) is 5.21. The smallest absolute Gasteiger partial charge is 0.272 e. The van der Waals surface area contributed by atoms with E-state index in [1.165, 1.54) is 17.8 Å². The van der Waals surface area contributed by atoms with Crippen molar-refractivity contribution in [1.82, 2.24) is 5.32 Å². The van der Waals surface area contributed by atoms with Crippen LogP contribution in [0.1, 0.15) is 22.8 Å². The molecule has 0 aliphatic rings. The summed E-state index contributed by atoms with van der Waals surface area (Å²) in [7, 11) is 0. The first-order chi connectivity index (χ1) is 19.7. The average molecular weight is 669 g/mol. The fourth-order valence-electron chi connectivity index (χ4n) is 3.60. The molecule has 6 nitrogen and oxygen atoms in total. The lowest BCUT2D eigenvalue weighted by atomic mass is 10.1. The number of carbonyl (C=O) groups excluding carboxylic acids is 3. The van der Waals surface area contributed by atoms with Crippen LogP contribution in [0.2, 0.25) is 10.0 Å². The highest BCUT2D eigenvalue weighted by Gasteiger charge is 2.18. The van der Waals surface area contributed by atoms with Crippen LogP contribution in [0.15, 0.2) is 112 Å². The number of halogens is 3. The molecule has 0 aliphatic carbocycles. The van der Waals surface area contributed by atoms with Gasteiger partial charge in [0.25, 0.3) is 11.8 Å². The van der Waals surface area contributed by atoms with Gasteiger partial charge in [-0.25, -0.2) is 0 Å². The summed E-state index contributed by atoms with van der Waals surface area (Å²) in [6, 6.07) is 28.0. The van der Waals surface area contributed by atoms with Gasteiger partial charge in [-0.15, -0.1) is 11.8 Å². The number of carbonyl (C=O) groups is 3. The minimum Gasteiger partial charge on any atom is -0.324 e. The summed E-state index contributed by atoms with van der Waals surface area (Å²) in [6.07, 6.45) is 1.47. The zero-order valence-corrected chi connectivity index (χ0v) is 25.6. The number of amides is 3. The fraction of sp³-hybridized carbons (Fsp3) is 0.0645. The van der Waals surface area contributed by atoms with Crippen molar-refractivity contribution in [2.24, 2.45) is 0 Å². The SMILES string of the molecule is CC(Sc1ccc(NC(=O)/C(=C/c2cccc(Cl)c2Cl)NC(=O)c2ccccc2)cc1)C(=O)Nc1ccccc1Br. The molecule has 10 heteroatoms. The van der Waals surface area contributed by atoms with Gasteiger partial charge in [-0.3, -0.25) is 14.4 Å². The highest BCUT2D eigenvalue weighted by molar-refractivity contribution is 9.10. The molecule has 0 heterocycles. The van der Waals surface area contributed by atoms with Crippen molar-refractivity contribution in [3.63, 3.8) is 0 Å². The molecule has 4 aromatic rings. The first-order valence-corrected chi connectivity index (χ1v) is 14.8. The molecular formula is C31H24BrCl2N3O3S. The zero-order valence-electron chi connectivity index (χ0n) is 21.7. The molecular weight excluding hydrogens is 645 g/mol. The van der Waals surface area contributed by atoms with Gasteiger partial charge >= 0.3 is 0 Å². The van der Waals surface area contributed by atoms with Crippen molar-refractivity contribution in [3.8, 4) is 0 Å². The lowest BCUT2D eigenvalue weighted by Gasteiger charge is -2.14. The molecule has 1 atom stereocenters. The molecule has 0 bridgehead atoms. The third-order valence-electron chi connectivity index (χ3n) is 5.74. The number of anilines is 2. The molecule has 0 fully saturated rings. The van der Waals surface area contributed by atoms with Gasteiger partial charge in [-0.2, -0.15) is 0 Å². The second kappa shape index (κ2) is 14.4. The van der Waals surface area contributed by atoms with E-state index in [1.807, 2.05) is 43.3 Å². The van der Waals surface area contributed by atoms with Crippen LogP contribution < -0.4 is 16.0 Å². The number of rotatable bonds is 9. The minimum atomic E-state index is -0.549. The van der Waals surface area contributed by atoms with Gasteiger partial charge < -0.3 is 16.0 Å². The molecule has 0 saturated heterocycles. The second-order valence-electron chi connectivity index (χ2n) is 8.73. The van der Waals surface area contributed by atoms with Crippen molar-refractivity contribution >= 4 is 86.1 Å². The normalized spacial score (nSPS) is 11.9. The maximum atomic E-state index is 13.3. The van der Waals surface area contributed by atoms with Crippen LogP contribution in [-0.2, 0) is 9.59 Å². The van der Waals surface area contributed by atoms with Crippen LogP contribution in [-0.4, -0.2) is 23.0 Å². The summed E-state index contributed by atoms with van der Waals surface area (Å²) in [6.45, 7) is 1.82. The number of thioether (sulfide) groups is 1. The molecule has 0 saturated carbocycles. The Morgan fingerprint density at radius 2 is 1.51 bits per heavy atom. The van der Waals surface area contributed by atoms with Crippen molar-refractivity contribution in [1.29, 1.82) is 0 Å². The maximum Gasteiger partial charge on any atom is 0.272 e. The van der Waals surface area contributed by atoms with E-state index in [0.29, 0.717) is 27.5 Å². The van der Waals surface area contributed by atoms with E-state index in [0.717, 1.165) is 9.37 Å². The third kappa shape index (κ3) is 8.47. The van der Waals surface area contributed by atoms with Crippen LogP contribution >= 0.6 is 50.9 Å². The van der Waals surface area contributed by atoms with Gasteiger partial charge in [0, 0.05) is 20.6 Å². The van der Waals surface area contributed by atoms with E-state index < -0.39 is 11.8 Å². The molecule has 4 aromatic carbocycles. The molecule has 41 heavy (non-hydrogen) atoms. The van der Waals surface area contributed by atoms with Gasteiger partial charge in [0.05, 0.1) is 21.0 Å². The van der Waals surface area contributed by atoms with Crippen LogP contribution in [0, 0.1) is 0 Å². The minimum absolute atomic E-state index is 0.0150. The first kappa shape index (κ1) is 30.4. The number of para-hydroxylation sites is 1. The molecule has 208 valence electrons. The van der Waals surface area contributed by atoms with Gasteiger partial charge in [0.2, 0.25) is 5.91 Å². The van der Waals surface area contributed by atoms with Crippen molar-refractivity contribution in [3.05, 3.63) is 128 Å². The summed E-state index contributed by atoms with van der Waals surface area (Å²) in [5.74, 6) is -1.14. The Bertz CT molecular complexity index is 1600. The lowest BCUT2D eigenvalue weighted by Crippen LogP contribution is -2.30. The number of benzene rings is 4. The van der Waals surface area contributed by atoms with E-state index in [-0.39, 0.29) is 21.9 Å². The number of hydrogen-bond acceptors (Lipinski definition) is 4. The van der Waals surface area contributed by atoms with E-state index in [4.69, 9.17) is 23.2 Å².